The van der Waals surface area contributed by atoms with Crippen molar-refractivity contribution >= 4 is 23.0 Å². The summed E-state index contributed by atoms with van der Waals surface area (Å²) < 4.78 is 7.39. The van der Waals surface area contributed by atoms with Gasteiger partial charge in [-0.3, -0.25) is 0 Å². The van der Waals surface area contributed by atoms with E-state index in [2.05, 4.69) is 10.3 Å². The molecule has 0 aliphatic carbocycles. The van der Waals surface area contributed by atoms with Crippen LogP contribution in [0.5, 0.6) is 0 Å². The number of hydrogen-bond donors (Lipinski definition) is 1. The summed E-state index contributed by atoms with van der Waals surface area (Å²) in [7, 11) is 0. The quantitative estimate of drug-likeness (QED) is 0.528. The highest BCUT2D eigenvalue weighted by Gasteiger charge is 2.16. The SMILES string of the molecule is O=C(NCCc1cn2ccccc2n1)N(Cc1ccco1)Cc1cccs1. The number of imidazole rings is 1. The van der Waals surface area contributed by atoms with Gasteiger partial charge in [0.15, 0.2) is 0 Å². The van der Waals surface area contributed by atoms with Gasteiger partial charge in [0.05, 0.1) is 25.0 Å². The van der Waals surface area contributed by atoms with Gasteiger partial charge in [-0.1, -0.05) is 12.1 Å². The molecule has 4 heterocycles. The van der Waals surface area contributed by atoms with Gasteiger partial charge in [0.25, 0.3) is 0 Å². The molecule has 4 aromatic heterocycles. The van der Waals surface area contributed by atoms with Gasteiger partial charge in [-0.25, -0.2) is 9.78 Å². The molecule has 7 heteroatoms. The maximum absolute atomic E-state index is 12.7. The first-order chi connectivity index (χ1) is 13.3. The van der Waals surface area contributed by atoms with Crippen molar-refractivity contribution in [3.8, 4) is 0 Å². The van der Waals surface area contributed by atoms with Gasteiger partial charge >= 0.3 is 6.03 Å². The van der Waals surface area contributed by atoms with Gasteiger partial charge in [-0.05, 0) is 35.7 Å². The van der Waals surface area contributed by atoms with E-state index in [1.54, 1.807) is 22.5 Å². The Morgan fingerprint density at radius 2 is 2.15 bits per heavy atom. The number of fused-ring (bicyclic) bond motifs is 1. The lowest BCUT2D eigenvalue weighted by Crippen LogP contribution is -2.39. The minimum Gasteiger partial charge on any atom is -0.467 e. The zero-order valence-corrected chi connectivity index (χ0v) is 15.6. The minimum absolute atomic E-state index is 0.108. The van der Waals surface area contributed by atoms with Crippen LogP contribution in [0.4, 0.5) is 4.79 Å². The summed E-state index contributed by atoms with van der Waals surface area (Å²) in [5.74, 6) is 0.766. The lowest BCUT2D eigenvalue weighted by molar-refractivity contribution is 0.188. The van der Waals surface area contributed by atoms with Crippen LogP contribution in [0.3, 0.4) is 0 Å². The second kappa shape index (κ2) is 8.09. The van der Waals surface area contributed by atoms with Crippen molar-refractivity contribution in [1.82, 2.24) is 19.6 Å². The fourth-order valence-electron chi connectivity index (χ4n) is 2.90. The smallest absolute Gasteiger partial charge is 0.318 e. The minimum atomic E-state index is -0.108. The average Bonchev–Trinajstić information content (AvgIpc) is 3.42. The largest absolute Gasteiger partial charge is 0.467 e. The molecule has 0 spiro atoms. The highest BCUT2D eigenvalue weighted by molar-refractivity contribution is 7.09. The zero-order chi connectivity index (χ0) is 18.5. The van der Waals surface area contributed by atoms with Gasteiger partial charge < -0.3 is 19.0 Å². The average molecular weight is 380 g/mol. The lowest BCUT2D eigenvalue weighted by Gasteiger charge is -2.21. The second-order valence-electron chi connectivity index (χ2n) is 6.20. The number of thiophene rings is 1. The molecule has 6 nitrogen and oxygen atoms in total. The van der Waals surface area contributed by atoms with E-state index in [1.165, 1.54) is 0 Å². The Balaban J connectivity index is 1.36. The summed E-state index contributed by atoms with van der Waals surface area (Å²) >= 11 is 1.64. The number of furan rings is 1. The molecule has 0 aliphatic heterocycles. The number of rotatable bonds is 7. The molecule has 2 amide bonds. The summed E-state index contributed by atoms with van der Waals surface area (Å²) in [4.78, 5) is 20.2. The third-order valence-electron chi connectivity index (χ3n) is 4.21. The van der Waals surface area contributed by atoms with Crippen molar-refractivity contribution < 1.29 is 9.21 Å². The first-order valence-corrected chi connectivity index (χ1v) is 9.66. The Kier molecular flexibility index (Phi) is 5.20. The summed E-state index contributed by atoms with van der Waals surface area (Å²) in [6.45, 7) is 1.52. The Morgan fingerprint density at radius 1 is 1.19 bits per heavy atom. The highest BCUT2D eigenvalue weighted by Crippen LogP contribution is 2.15. The van der Waals surface area contributed by atoms with E-state index in [-0.39, 0.29) is 6.03 Å². The van der Waals surface area contributed by atoms with Crippen LogP contribution in [-0.4, -0.2) is 26.9 Å². The Labute approximate surface area is 161 Å². The molecule has 1 N–H and O–H groups in total. The number of carbonyl (C=O) groups is 1. The Hall–Kier alpha value is -3.06. The predicted octanol–water partition coefficient (Wildman–Crippen LogP) is 3.94. The van der Waals surface area contributed by atoms with E-state index in [0.29, 0.717) is 26.1 Å². The fourth-order valence-corrected chi connectivity index (χ4v) is 3.62. The van der Waals surface area contributed by atoms with Crippen molar-refractivity contribution in [2.75, 3.05) is 6.54 Å². The summed E-state index contributed by atoms with van der Waals surface area (Å²) in [6.07, 6.45) is 6.27. The van der Waals surface area contributed by atoms with Crippen LogP contribution in [0, 0.1) is 0 Å². The first-order valence-electron chi connectivity index (χ1n) is 8.78. The topological polar surface area (TPSA) is 62.8 Å². The third kappa shape index (κ3) is 4.38. The van der Waals surface area contributed by atoms with Crippen LogP contribution < -0.4 is 5.32 Å². The molecule has 0 bridgehead atoms. The van der Waals surface area contributed by atoms with Gasteiger partial charge in [-0.15, -0.1) is 11.3 Å². The van der Waals surface area contributed by atoms with Gasteiger partial charge in [-0.2, -0.15) is 0 Å². The molecule has 4 aromatic rings. The number of aromatic nitrogens is 2. The summed E-state index contributed by atoms with van der Waals surface area (Å²) in [5, 5.41) is 5.02. The van der Waals surface area contributed by atoms with Crippen molar-refractivity contribution in [3.05, 3.63) is 82.8 Å². The molecule has 0 saturated heterocycles. The zero-order valence-electron chi connectivity index (χ0n) is 14.7. The molecular weight excluding hydrogens is 360 g/mol. The molecule has 0 fully saturated rings. The maximum atomic E-state index is 12.7. The van der Waals surface area contributed by atoms with Gasteiger partial charge in [0.2, 0.25) is 0 Å². The van der Waals surface area contributed by atoms with Crippen LogP contribution >= 0.6 is 11.3 Å². The van der Waals surface area contributed by atoms with Crippen molar-refractivity contribution in [2.24, 2.45) is 0 Å². The molecule has 0 radical (unpaired) electrons. The molecule has 4 rings (SSSR count). The Bertz CT molecular complexity index is 923. The van der Waals surface area contributed by atoms with E-state index >= 15 is 0 Å². The normalized spacial score (nSPS) is 11.0. The number of nitrogens with zero attached hydrogens (tertiary/aromatic N) is 3. The molecule has 138 valence electrons. The molecule has 0 saturated carbocycles. The number of hydrogen-bond acceptors (Lipinski definition) is 4. The van der Waals surface area contributed by atoms with E-state index in [4.69, 9.17) is 4.42 Å². The number of urea groups is 1. The van der Waals surface area contributed by atoms with Crippen LogP contribution in [0.25, 0.3) is 5.65 Å². The molecule has 27 heavy (non-hydrogen) atoms. The van der Waals surface area contributed by atoms with Crippen LogP contribution in [0.1, 0.15) is 16.3 Å². The molecule has 0 aliphatic rings. The highest BCUT2D eigenvalue weighted by atomic mass is 32.1. The summed E-state index contributed by atoms with van der Waals surface area (Å²) in [6, 6.07) is 13.5. The van der Waals surface area contributed by atoms with Crippen molar-refractivity contribution in [2.45, 2.75) is 19.5 Å². The van der Waals surface area contributed by atoms with Crippen LogP contribution in [0.2, 0.25) is 0 Å². The number of amides is 2. The predicted molar refractivity (Wildman–Crippen MR) is 105 cm³/mol. The molecule has 0 atom stereocenters. The molecular formula is C20H20N4O2S. The van der Waals surface area contributed by atoms with Crippen molar-refractivity contribution in [1.29, 1.82) is 0 Å². The first kappa shape index (κ1) is 17.4. The van der Waals surface area contributed by atoms with Gasteiger partial charge in [0, 0.05) is 30.2 Å². The van der Waals surface area contributed by atoms with E-state index < -0.39 is 0 Å². The van der Waals surface area contributed by atoms with Crippen LogP contribution in [0.15, 0.2) is 70.9 Å². The fraction of sp³-hybridized carbons (Fsp3) is 0.200. The second-order valence-corrected chi connectivity index (χ2v) is 7.23. The van der Waals surface area contributed by atoms with E-state index in [1.807, 2.05) is 64.6 Å². The number of pyridine rings is 1. The lowest BCUT2D eigenvalue weighted by atomic mass is 10.3. The number of nitrogens with one attached hydrogen (secondary N) is 1. The van der Waals surface area contributed by atoms with Crippen LogP contribution in [-0.2, 0) is 19.5 Å². The monoisotopic (exact) mass is 380 g/mol. The summed E-state index contributed by atoms with van der Waals surface area (Å²) in [5.41, 5.74) is 1.87. The molecule has 0 aromatic carbocycles. The number of carbonyl (C=O) groups excluding carboxylic acids is 1. The van der Waals surface area contributed by atoms with E-state index in [0.717, 1.165) is 22.0 Å². The third-order valence-corrected chi connectivity index (χ3v) is 5.07. The van der Waals surface area contributed by atoms with E-state index in [9.17, 15) is 4.79 Å². The Morgan fingerprint density at radius 3 is 2.93 bits per heavy atom. The standard InChI is InChI=1S/C20H20N4O2S/c25-20(21-9-8-16-13-23-10-2-1-7-19(23)22-16)24(14-17-5-3-11-26-17)15-18-6-4-12-27-18/h1-7,10-13H,8-9,14-15H2,(H,21,25). The maximum Gasteiger partial charge on any atom is 0.318 e. The molecule has 0 unspecified atom stereocenters. The van der Waals surface area contributed by atoms with Gasteiger partial charge in [0.1, 0.15) is 11.4 Å². The van der Waals surface area contributed by atoms with Crippen molar-refractivity contribution in [3.63, 3.8) is 0 Å².